The first kappa shape index (κ1) is 13.9. The molecule has 0 aliphatic heterocycles. The van der Waals surface area contributed by atoms with E-state index in [9.17, 15) is 4.79 Å². The van der Waals surface area contributed by atoms with E-state index in [1.165, 1.54) is 13.2 Å². The highest BCUT2D eigenvalue weighted by atomic mass is 16.5. The number of hydrogen-bond donors (Lipinski definition) is 1. The monoisotopic (exact) mass is 276 g/mol. The molecule has 0 saturated heterocycles. The van der Waals surface area contributed by atoms with Crippen LogP contribution in [0.15, 0.2) is 22.7 Å². The summed E-state index contributed by atoms with van der Waals surface area (Å²) in [6.07, 6.45) is 0. The maximum atomic E-state index is 11.4. The number of nitrogens with zero attached hydrogens (tertiary/aromatic N) is 1. The number of methoxy groups -OCH3 is 1. The number of aromatic nitrogens is 1. The van der Waals surface area contributed by atoms with Crippen LogP contribution in [0.2, 0.25) is 0 Å². The van der Waals surface area contributed by atoms with Gasteiger partial charge in [-0.15, -0.1) is 0 Å². The minimum absolute atomic E-state index is 0.308. The smallest absolute Gasteiger partial charge is 0.337 e. The Labute approximate surface area is 116 Å². The molecule has 1 heterocycles. The molecular weight excluding hydrogens is 260 g/mol. The molecule has 6 heteroatoms. The molecule has 0 aliphatic rings. The molecule has 106 valence electrons. The molecule has 20 heavy (non-hydrogen) atoms. The van der Waals surface area contributed by atoms with Crippen molar-refractivity contribution in [2.45, 2.75) is 20.5 Å². The number of carbonyl (C=O) groups is 1. The predicted octanol–water partition coefficient (Wildman–Crippen LogP) is 2.24. The van der Waals surface area contributed by atoms with Gasteiger partial charge in [-0.25, -0.2) is 4.79 Å². The predicted molar refractivity (Wildman–Crippen MR) is 72.5 cm³/mol. The quantitative estimate of drug-likeness (QED) is 0.680. The Morgan fingerprint density at radius 3 is 2.70 bits per heavy atom. The topological polar surface area (TPSA) is 87.6 Å². The first-order valence-electron chi connectivity index (χ1n) is 6.05. The number of ether oxygens (including phenoxy) is 2. The second-order valence-electron chi connectivity index (χ2n) is 4.34. The van der Waals surface area contributed by atoms with Crippen molar-refractivity contribution >= 4 is 11.7 Å². The van der Waals surface area contributed by atoms with Gasteiger partial charge in [0.2, 0.25) is 0 Å². The lowest BCUT2D eigenvalue weighted by atomic mass is 10.2. The Balaban J connectivity index is 2.13. The molecule has 0 unspecified atom stereocenters. The Bertz CT molecular complexity index is 615. The van der Waals surface area contributed by atoms with E-state index in [1.807, 2.05) is 13.8 Å². The van der Waals surface area contributed by atoms with Crippen LogP contribution in [-0.4, -0.2) is 18.2 Å². The third-order valence-electron chi connectivity index (χ3n) is 2.98. The maximum Gasteiger partial charge on any atom is 0.337 e. The number of aryl methyl sites for hydroxylation is 2. The van der Waals surface area contributed by atoms with E-state index in [0.717, 1.165) is 11.3 Å². The molecule has 6 nitrogen and oxygen atoms in total. The van der Waals surface area contributed by atoms with E-state index in [-0.39, 0.29) is 0 Å². The lowest BCUT2D eigenvalue weighted by Crippen LogP contribution is -2.04. The Morgan fingerprint density at radius 2 is 2.15 bits per heavy atom. The van der Waals surface area contributed by atoms with E-state index in [1.54, 1.807) is 12.1 Å². The molecule has 2 N–H and O–H groups in total. The van der Waals surface area contributed by atoms with Crippen molar-refractivity contribution in [3.8, 4) is 5.75 Å². The largest absolute Gasteiger partial charge is 0.487 e. The van der Waals surface area contributed by atoms with Crippen LogP contribution in [0.5, 0.6) is 5.75 Å². The van der Waals surface area contributed by atoms with Gasteiger partial charge in [0.25, 0.3) is 0 Å². The number of carbonyl (C=O) groups excluding carboxylic acids is 1. The molecule has 0 aliphatic carbocycles. The van der Waals surface area contributed by atoms with Crippen LogP contribution < -0.4 is 10.5 Å². The standard InChI is InChI=1S/C14H16N2O4/c1-8-11(9(2)20-16-8)7-19-13-5-4-10(6-12(13)15)14(17)18-3/h4-6H,7,15H2,1-3H3. The zero-order valence-corrected chi connectivity index (χ0v) is 11.6. The highest BCUT2D eigenvalue weighted by molar-refractivity contribution is 5.90. The van der Waals surface area contributed by atoms with Crippen LogP contribution in [0.4, 0.5) is 5.69 Å². The van der Waals surface area contributed by atoms with Crippen LogP contribution >= 0.6 is 0 Å². The summed E-state index contributed by atoms with van der Waals surface area (Å²) in [5.41, 5.74) is 8.29. The molecule has 2 aromatic rings. The van der Waals surface area contributed by atoms with Crippen molar-refractivity contribution in [1.29, 1.82) is 0 Å². The van der Waals surface area contributed by atoms with Crippen LogP contribution in [0.25, 0.3) is 0 Å². The number of anilines is 1. The van der Waals surface area contributed by atoms with Gasteiger partial charge in [-0.1, -0.05) is 5.16 Å². The third kappa shape index (κ3) is 2.74. The zero-order chi connectivity index (χ0) is 14.7. The highest BCUT2D eigenvalue weighted by Crippen LogP contribution is 2.25. The average Bonchev–Trinajstić information content (AvgIpc) is 2.76. The Morgan fingerprint density at radius 1 is 1.40 bits per heavy atom. The lowest BCUT2D eigenvalue weighted by Gasteiger charge is -2.09. The van der Waals surface area contributed by atoms with Gasteiger partial charge >= 0.3 is 5.97 Å². The van der Waals surface area contributed by atoms with E-state index in [4.69, 9.17) is 15.0 Å². The first-order chi connectivity index (χ1) is 9.52. The summed E-state index contributed by atoms with van der Waals surface area (Å²) in [6.45, 7) is 3.98. The summed E-state index contributed by atoms with van der Waals surface area (Å²) >= 11 is 0. The summed E-state index contributed by atoms with van der Waals surface area (Å²) < 4.78 is 15.3. The van der Waals surface area contributed by atoms with Gasteiger partial charge in [0.05, 0.1) is 29.6 Å². The summed E-state index contributed by atoms with van der Waals surface area (Å²) in [7, 11) is 1.32. The van der Waals surface area contributed by atoms with Crippen molar-refractivity contribution in [2.75, 3.05) is 12.8 Å². The van der Waals surface area contributed by atoms with Crippen LogP contribution in [0.1, 0.15) is 27.4 Å². The third-order valence-corrected chi connectivity index (χ3v) is 2.98. The van der Waals surface area contributed by atoms with Gasteiger partial charge in [0.15, 0.2) is 0 Å². The van der Waals surface area contributed by atoms with Gasteiger partial charge in [-0.05, 0) is 32.0 Å². The summed E-state index contributed by atoms with van der Waals surface area (Å²) in [6, 6.07) is 4.76. The minimum Gasteiger partial charge on any atom is -0.487 e. The zero-order valence-electron chi connectivity index (χ0n) is 11.6. The number of nitrogens with two attached hydrogens (primary N) is 1. The molecule has 0 saturated carbocycles. The van der Waals surface area contributed by atoms with E-state index < -0.39 is 5.97 Å². The minimum atomic E-state index is -0.436. The van der Waals surface area contributed by atoms with E-state index in [2.05, 4.69) is 9.89 Å². The van der Waals surface area contributed by atoms with Gasteiger partial charge in [0.1, 0.15) is 18.1 Å². The maximum absolute atomic E-state index is 11.4. The molecule has 0 bridgehead atoms. The summed E-state index contributed by atoms with van der Waals surface area (Å²) in [5, 5.41) is 3.85. The molecule has 2 rings (SSSR count). The van der Waals surface area contributed by atoms with Gasteiger partial charge in [0, 0.05) is 0 Å². The second-order valence-corrected chi connectivity index (χ2v) is 4.34. The average molecular weight is 276 g/mol. The van der Waals surface area contributed by atoms with Crippen molar-refractivity contribution < 1.29 is 18.8 Å². The molecule has 1 aromatic heterocycles. The molecule has 1 aromatic carbocycles. The summed E-state index contributed by atoms with van der Waals surface area (Å²) in [5.74, 6) is 0.777. The fourth-order valence-electron chi connectivity index (χ4n) is 1.78. The van der Waals surface area contributed by atoms with Crippen molar-refractivity contribution in [2.24, 2.45) is 0 Å². The second kappa shape index (κ2) is 5.64. The van der Waals surface area contributed by atoms with Crippen molar-refractivity contribution in [3.05, 3.63) is 40.8 Å². The molecule has 0 fully saturated rings. The molecule has 0 atom stereocenters. The van der Waals surface area contributed by atoms with Crippen LogP contribution in [0.3, 0.4) is 0 Å². The number of rotatable bonds is 4. The van der Waals surface area contributed by atoms with E-state index >= 15 is 0 Å². The van der Waals surface area contributed by atoms with Gasteiger partial charge in [-0.2, -0.15) is 0 Å². The fraction of sp³-hybridized carbons (Fsp3) is 0.286. The number of esters is 1. The van der Waals surface area contributed by atoms with Crippen molar-refractivity contribution in [1.82, 2.24) is 5.16 Å². The lowest BCUT2D eigenvalue weighted by molar-refractivity contribution is 0.0600. The normalized spacial score (nSPS) is 10.3. The van der Waals surface area contributed by atoms with E-state index in [0.29, 0.717) is 29.4 Å². The van der Waals surface area contributed by atoms with Crippen molar-refractivity contribution in [3.63, 3.8) is 0 Å². The SMILES string of the molecule is COC(=O)c1ccc(OCc2c(C)noc2C)c(N)c1. The fourth-order valence-corrected chi connectivity index (χ4v) is 1.78. The van der Waals surface area contributed by atoms with Crippen LogP contribution in [0, 0.1) is 13.8 Å². The highest BCUT2D eigenvalue weighted by Gasteiger charge is 2.12. The summed E-state index contributed by atoms with van der Waals surface area (Å²) in [4.78, 5) is 11.4. The number of hydrogen-bond acceptors (Lipinski definition) is 6. The Kier molecular flexibility index (Phi) is 3.93. The number of nitrogen functional groups attached to an aromatic ring is 1. The molecular formula is C14H16N2O4. The molecule has 0 amide bonds. The first-order valence-corrected chi connectivity index (χ1v) is 6.05. The van der Waals surface area contributed by atoms with Crippen LogP contribution in [-0.2, 0) is 11.3 Å². The Hall–Kier alpha value is -2.50. The molecule has 0 spiro atoms. The van der Waals surface area contributed by atoms with Gasteiger partial charge < -0.3 is 19.7 Å². The van der Waals surface area contributed by atoms with Gasteiger partial charge in [-0.3, -0.25) is 0 Å². The molecule has 0 radical (unpaired) electrons. The number of benzene rings is 1.